The van der Waals surface area contributed by atoms with Gasteiger partial charge in [-0.1, -0.05) is 12.1 Å². The average Bonchev–Trinajstić information content (AvgIpc) is 2.28. The number of hydrogen-bond acceptors (Lipinski definition) is 2. The van der Waals surface area contributed by atoms with Crippen molar-refractivity contribution >= 4 is 0 Å². The van der Waals surface area contributed by atoms with Crippen LogP contribution >= 0.6 is 0 Å². The van der Waals surface area contributed by atoms with E-state index >= 15 is 0 Å². The molecule has 94 valence electrons. The fourth-order valence-corrected chi connectivity index (χ4v) is 2.08. The first kappa shape index (κ1) is 12.4. The summed E-state index contributed by atoms with van der Waals surface area (Å²) < 4.78 is 37.1. The molecule has 1 aromatic carbocycles. The molecule has 0 bridgehead atoms. The minimum Gasteiger partial charge on any atom is -0.379 e. The Labute approximate surface area is 97.5 Å². The minimum absolute atomic E-state index is 0.0546. The van der Waals surface area contributed by atoms with Crippen molar-refractivity contribution < 1.29 is 18.3 Å². The van der Waals surface area contributed by atoms with Crippen LogP contribution in [0.1, 0.15) is 36.4 Å². The molecule has 5 heteroatoms. The summed E-state index contributed by atoms with van der Waals surface area (Å²) >= 11 is 0. The lowest BCUT2D eigenvalue weighted by molar-refractivity contribution is -0.137. The summed E-state index contributed by atoms with van der Waals surface area (Å²) in [5.41, 5.74) is 0.148. The van der Waals surface area contributed by atoms with E-state index in [1.807, 2.05) is 0 Å². The van der Waals surface area contributed by atoms with Gasteiger partial charge in [0.05, 0.1) is 5.56 Å². The number of piperidine rings is 1. The van der Waals surface area contributed by atoms with Crippen LogP contribution < -0.4 is 5.32 Å². The zero-order valence-electron chi connectivity index (χ0n) is 9.17. The van der Waals surface area contributed by atoms with E-state index in [9.17, 15) is 18.3 Å². The third kappa shape index (κ3) is 2.98. The monoisotopic (exact) mass is 245 g/mol. The van der Waals surface area contributed by atoms with Gasteiger partial charge in [0.25, 0.3) is 0 Å². The fourth-order valence-electron chi connectivity index (χ4n) is 2.08. The van der Waals surface area contributed by atoms with Gasteiger partial charge in [0, 0.05) is 6.04 Å². The van der Waals surface area contributed by atoms with Gasteiger partial charge in [0.2, 0.25) is 0 Å². The number of rotatable bonds is 1. The quantitative estimate of drug-likeness (QED) is 0.797. The number of nitrogens with one attached hydrogen (secondary N) is 1. The van der Waals surface area contributed by atoms with Crippen LogP contribution in [0.2, 0.25) is 0 Å². The van der Waals surface area contributed by atoms with Gasteiger partial charge >= 0.3 is 6.18 Å². The average molecular weight is 245 g/mol. The molecule has 1 fully saturated rings. The molecule has 1 heterocycles. The molecule has 2 rings (SSSR count). The molecule has 2 unspecified atom stereocenters. The first-order valence-electron chi connectivity index (χ1n) is 5.58. The van der Waals surface area contributed by atoms with E-state index < -0.39 is 18.0 Å². The molecule has 2 N–H and O–H groups in total. The lowest BCUT2D eigenvalue weighted by Gasteiger charge is -2.28. The number of benzene rings is 1. The second-order valence-electron chi connectivity index (χ2n) is 4.29. The van der Waals surface area contributed by atoms with Gasteiger partial charge < -0.3 is 5.11 Å². The summed E-state index contributed by atoms with van der Waals surface area (Å²) in [5.74, 6) is 0. The topological polar surface area (TPSA) is 32.3 Å². The van der Waals surface area contributed by atoms with Crippen LogP contribution in [0.5, 0.6) is 0 Å². The maximum atomic E-state index is 12.4. The number of halogens is 3. The Morgan fingerprint density at radius 3 is 2.29 bits per heavy atom. The standard InChI is InChI=1S/C12H14F3NO/c13-12(14,15)9-6-4-8(5-7-9)10-2-1-3-11(17)16-10/h4-7,10-11,16-17H,1-3H2. The Balaban J connectivity index is 2.12. The Bertz CT molecular complexity index is 374. The molecular formula is C12H14F3NO. The molecule has 0 aromatic heterocycles. The molecule has 1 aliphatic heterocycles. The van der Waals surface area contributed by atoms with Crippen molar-refractivity contribution in [3.05, 3.63) is 35.4 Å². The third-order valence-electron chi connectivity index (χ3n) is 3.00. The maximum Gasteiger partial charge on any atom is 0.416 e. The van der Waals surface area contributed by atoms with Crippen LogP contribution in [0, 0.1) is 0 Å². The Hall–Kier alpha value is -1.07. The first-order chi connectivity index (χ1) is 7.97. The SMILES string of the molecule is OC1CCCC(c2ccc(C(F)(F)F)cc2)N1. The molecule has 2 nitrogen and oxygen atoms in total. The summed E-state index contributed by atoms with van der Waals surface area (Å²) in [7, 11) is 0. The smallest absolute Gasteiger partial charge is 0.379 e. The van der Waals surface area contributed by atoms with Crippen molar-refractivity contribution in [2.75, 3.05) is 0 Å². The van der Waals surface area contributed by atoms with Gasteiger partial charge in [-0.05, 0) is 37.0 Å². The van der Waals surface area contributed by atoms with Gasteiger partial charge in [-0.3, -0.25) is 5.32 Å². The summed E-state index contributed by atoms with van der Waals surface area (Å²) in [6.07, 6.45) is -2.45. The highest BCUT2D eigenvalue weighted by atomic mass is 19.4. The van der Waals surface area contributed by atoms with E-state index in [1.54, 1.807) is 0 Å². The zero-order valence-corrected chi connectivity index (χ0v) is 9.17. The van der Waals surface area contributed by atoms with Crippen molar-refractivity contribution in [2.45, 2.75) is 37.7 Å². The molecule has 0 spiro atoms. The second-order valence-corrected chi connectivity index (χ2v) is 4.29. The number of alkyl halides is 3. The van der Waals surface area contributed by atoms with Crippen molar-refractivity contribution in [1.82, 2.24) is 5.32 Å². The summed E-state index contributed by atoms with van der Waals surface area (Å²) in [5, 5.41) is 12.4. The molecule has 0 aliphatic carbocycles. The highest BCUT2D eigenvalue weighted by molar-refractivity contribution is 5.27. The molecule has 1 saturated heterocycles. The molecule has 0 radical (unpaired) electrons. The van der Waals surface area contributed by atoms with Crippen LogP contribution in [0.4, 0.5) is 13.2 Å². The number of aliphatic hydroxyl groups excluding tert-OH is 1. The third-order valence-corrected chi connectivity index (χ3v) is 3.00. The molecule has 2 atom stereocenters. The predicted molar refractivity (Wildman–Crippen MR) is 57.2 cm³/mol. The molecule has 0 amide bonds. The van der Waals surface area contributed by atoms with E-state index in [2.05, 4.69) is 5.32 Å². The van der Waals surface area contributed by atoms with E-state index in [4.69, 9.17) is 0 Å². The van der Waals surface area contributed by atoms with Crippen LogP contribution in [-0.4, -0.2) is 11.3 Å². The molecule has 1 aromatic rings. The lowest BCUT2D eigenvalue weighted by Crippen LogP contribution is -2.36. The first-order valence-corrected chi connectivity index (χ1v) is 5.58. The van der Waals surface area contributed by atoms with Crippen LogP contribution in [0.25, 0.3) is 0 Å². The molecule has 17 heavy (non-hydrogen) atoms. The normalized spacial score (nSPS) is 25.9. The fraction of sp³-hybridized carbons (Fsp3) is 0.500. The summed E-state index contributed by atoms with van der Waals surface area (Å²) in [4.78, 5) is 0. The number of aliphatic hydroxyl groups is 1. The van der Waals surface area contributed by atoms with E-state index in [0.29, 0.717) is 6.42 Å². The number of hydrogen-bond donors (Lipinski definition) is 2. The van der Waals surface area contributed by atoms with Crippen molar-refractivity contribution in [3.8, 4) is 0 Å². The molecule has 0 saturated carbocycles. The van der Waals surface area contributed by atoms with E-state index in [-0.39, 0.29) is 6.04 Å². The summed E-state index contributed by atoms with van der Waals surface area (Å²) in [6.45, 7) is 0. The Kier molecular flexibility index (Phi) is 3.40. The minimum atomic E-state index is -4.29. The maximum absolute atomic E-state index is 12.4. The van der Waals surface area contributed by atoms with Gasteiger partial charge in [-0.2, -0.15) is 13.2 Å². The van der Waals surface area contributed by atoms with Crippen LogP contribution in [-0.2, 0) is 6.18 Å². The Morgan fingerprint density at radius 1 is 1.12 bits per heavy atom. The summed E-state index contributed by atoms with van der Waals surface area (Å²) in [6, 6.07) is 5.05. The highest BCUT2D eigenvalue weighted by Gasteiger charge is 2.30. The van der Waals surface area contributed by atoms with Gasteiger partial charge in [0.15, 0.2) is 0 Å². The van der Waals surface area contributed by atoms with E-state index in [1.165, 1.54) is 12.1 Å². The van der Waals surface area contributed by atoms with Crippen LogP contribution in [0.15, 0.2) is 24.3 Å². The second kappa shape index (κ2) is 4.66. The van der Waals surface area contributed by atoms with Crippen LogP contribution in [0.3, 0.4) is 0 Å². The van der Waals surface area contributed by atoms with Crippen molar-refractivity contribution in [1.29, 1.82) is 0 Å². The van der Waals surface area contributed by atoms with Gasteiger partial charge in [-0.15, -0.1) is 0 Å². The lowest BCUT2D eigenvalue weighted by atomic mass is 9.96. The highest BCUT2D eigenvalue weighted by Crippen LogP contribution is 2.31. The predicted octanol–water partition coefficient (Wildman–Crippen LogP) is 2.84. The van der Waals surface area contributed by atoms with Gasteiger partial charge in [0.1, 0.15) is 6.23 Å². The molecular weight excluding hydrogens is 231 g/mol. The van der Waals surface area contributed by atoms with E-state index in [0.717, 1.165) is 30.5 Å². The zero-order chi connectivity index (χ0) is 12.5. The molecule has 1 aliphatic rings. The van der Waals surface area contributed by atoms with Gasteiger partial charge in [-0.25, -0.2) is 0 Å². The van der Waals surface area contributed by atoms with Crippen molar-refractivity contribution in [3.63, 3.8) is 0 Å². The Morgan fingerprint density at radius 2 is 1.76 bits per heavy atom. The largest absolute Gasteiger partial charge is 0.416 e. The van der Waals surface area contributed by atoms with Crippen molar-refractivity contribution in [2.24, 2.45) is 0 Å².